The first-order chi connectivity index (χ1) is 8.83. The third-order valence-corrected chi connectivity index (χ3v) is 3.24. The highest BCUT2D eigenvalue weighted by Crippen LogP contribution is 2.36. The fraction of sp³-hybridized carbons (Fsp3) is 0.538. The summed E-state index contributed by atoms with van der Waals surface area (Å²) in [5.41, 5.74) is 2.23. The molecule has 0 bridgehead atoms. The summed E-state index contributed by atoms with van der Waals surface area (Å²) in [4.78, 5) is 0. The van der Waals surface area contributed by atoms with Crippen molar-refractivity contribution in [3.63, 3.8) is 0 Å². The van der Waals surface area contributed by atoms with Crippen LogP contribution in [0.3, 0.4) is 0 Å². The van der Waals surface area contributed by atoms with Crippen LogP contribution in [0.15, 0.2) is 12.1 Å². The van der Waals surface area contributed by atoms with E-state index in [-0.39, 0.29) is 6.10 Å². The van der Waals surface area contributed by atoms with Crippen molar-refractivity contribution in [3.05, 3.63) is 17.7 Å². The van der Waals surface area contributed by atoms with Crippen LogP contribution in [-0.4, -0.2) is 39.1 Å². The lowest BCUT2D eigenvalue weighted by molar-refractivity contribution is 0.0372. The van der Waals surface area contributed by atoms with Crippen LogP contribution in [0.4, 0.5) is 5.69 Å². The number of fused-ring (bicyclic) bond motifs is 1. The van der Waals surface area contributed by atoms with Crippen LogP contribution >= 0.6 is 0 Å². The summed E-state index contributed by atoms with van der Waals surface area (Å²) in [5, 5.41) is 6.73. The molecule has 1 aromatic rings. The first kappa shape index (κ1) is 11.6. The topological polar surface area (TPSA) is 51.8 Å². The van der Waals surface area contributed by atoms with Gasteiger partial charge in [-0.05, 0) is 18.6 Å². The molecule has 3 rings (SSSR count). The van der Waals surface area contributed by atoms with Gasteiger partial charge in [0.2, 0.25) is 6.79 Å². The van der Waals surface area contributed by atoms with Crippen molar-refractivity contribution in [1.29, 1.82) is 0 Å². The second-order valence-corrected chi connectivity index (χ2v) is 4.60. The SMILES string of the molecule is Cc1cc2c(cc1NCC1CNCCO1)OCO2. The van der Waals surface area contributed by atoms with E-state index in [1.54, 1.807) is 0 Å². The Morgan fingerprint density at radius 1 is 1.33 bits per heavy atom. The standard InChI is InChI=1S/C13H18N2O3/c1-9-4-12-13(18-8-17-12)5-11(9)15-7-10-6-14-2-3-16-10/h4-5,10,14-15H,2-3,6-8H2,1H3. The molecule has 5 heteroatoms. The minimum atomic E-state index is 0.226. The monoisotopic (exact) mass is 250 g/mol. The summed E-state index contributed by atoms with van der Waals surface area (Å²) >= 11 is 0. The molecule has 2 heterocycles. The smallest absolute Gasteiger partial charge is 0.231 e. The van der Waals surface area contributed by atoms with Crippen LogP contribution in [0.5, 0.6) is 11.5 Å². The van der Waals surface area contributed by atoms with E-state index >= 15 is 0 Å². The number of aryl methyl sites for hydroxylation is 1. The van der Waals surface area contributed by atoms with Gasteiger partial charge in [-0.1, -0.05) is 0 Å². The van der Waals surface area contributed by atoms with Crippen LogP contribution in [0.1, 0.15) is 5.56 Å². The summed E-state index contributed by atoms with van der Waals surface area (Å²) in [5.74, 6) is 1.64. The van der Waals surface area contributed by atoms with Crippen LogP contribution < -0.4 is 20.1 Å². The first-order valence-corrected chi connectivity index (χ1v) is 6.29. The fourth-order valence-electron chi connectivity index (χ4n) is 2.21. The molecule has 0 aliphatic carbocycles. The van der Waals surface area contributed by atoms with Crippen molar-refractivity contribution < 1.29 is 14.2 Å². The van der Waals surface area contributed by atoms with E-state index in [4.69, 9.17) is 14.2 Å². The number of hydrogen-bond acceptors (Lipinski definition) is 5. The summed E-state index contributed by atoms with van der Waals surface area (Å²) in [6.07, 6.45) is 0.226. The largest absolute Gasteiger partial charge is 0.454 e. The number of anilines is 1. The molecule has 2 aliphatic heterocycles. The predicted octanol–water partition coefficient (Wildman–Crippen LogP) is 1.12. The Labute approximate surface area is 106 Å². The Kier molecular flexibility index (Phi) is 3.25. The van der Waals surface area contributed by atoms with Gasteiger partial charge in [-0.3, -0.25) is 0 Å². The van der Waals surface area contributed by atoms with Gasteiger partial charge in [0.25, 0.3) is 0 Å². The lowest BCUT2D eigenvalue weighted by atomic mass is 10.1. The van der Waals surface area contributed by atoms with E-state index in [2.05, 4.69) is 17.6 Å². The first-order valence-electron chi connectivity index (χ1n) is 6.29. The molecule has 98 valence electrons. The van der Waals surface area contributed by atoms with E-state index in [1.165, 1.54) is 0 Å². The fourth-order valence-corrected chi connectivity index (χ4v) is 2.21. The molecule has 1 fully saturated rings. The highest BCUT2D eigenvalue weighted by Gasteiger charge is 2.17. The van der Waals surface area contributed by atoms with Gasteiger partial charge in [0.1, 0.15) is 0 Å². The van der Waals surface area contributed by atoms with Crippen LogP contribution in [0.25, 0.3) is 0 Å². The third kappa shape index (κ3) is 2.37. The number of rotatable bonds is 3. The van der Waals surface area contributed by atoms with Gasteiger partial charge in [0.05, 0.1) is 12.7 Å². The molecule has 0 amide bonds. The molecule has 18 heavy (non-hydrogen) atoms. The number of morpholine rings is 1. The quantitative estimate of drug-likeness (QED) is 0.842. The Bertz CT molecular complexity index is 430. The van der Waals surface area contributed by atoms with Crippen LogP contribution in [0, 0.1) is 6.92 Å². The molecule has 1 unspecified atom stereocenters. The van der Waals surface area contributed by atoms with Gasteiger partial charge < -0.3 is 24.8 Å². The summed E-state index contributed by atoms with van der Waals surface area (Å²) in [6.45, 7) is 5.80. The normalized spacial score (nSPS) is 21.9. The summed E-state index contributed by atoms with van der Waals surface area (Å²) in [7, 11) is 0. The van der Waals surface area contributed by atoms with Crippen molar-refractivity contribution in [3.8, 4) is 11.5 Å². The van der Waals surface area contributed by atoms with Gasteiger partial charge in [0, 0.05) is 31.4 Å². The van der Waals surface area contributed by atoms with Crippen molar-refractivity contribution in [2.45, 2.75) is 13.0 Å². The molecule has 5 nitrogen and oxygen atoms in total. The zero-order chi connectivity index (χ0) is 12.4. The lowest BCUT2D eigenvalue weighted by Gasteiger charge is -2.24. The zero-order valence-corrected chi connectivity index (χ0v) is 10.5. The second kappa shape index (κ2) is 5.04. The second-order valence-electron chi connectivity index (χ2n) is 4.60. The van der Waals surface area contributed by atoms with E-state index in [1.807, 2.05) is 12.1 Å². The maximum atomic E-state index is 5.65. The van der Waals surface area contributed by atoms with E-state index < -0.39 is 0 Å². The van der Waals surface area contributed by atoms with Crippen LogP contribution in [0.2, 0.25) is 0 Å². The van der Waals surface area contributed by atoms with Crippen molar-refractivity contribution in [1.82, 2.24) is 5.32 Å². The van der Waals surface area contributed by atoms with E-state index in [9.17, 15) is 0 Å². The van der Waals surface area contributed by atoms with Crippen molar-refractivity contribution in [2.24, 2.45) is 0 Å². The molecule has 2 aliphatic rings. The van der Waals surface area contributed by atoms with Gasteiger partial charge in [-0.2, -0.15) is 0 Å². The Morgan fingerprint density at radius 3 is 2.94 bits per heavy atom. The Morgan fingerprint density at radius 2 is 2.17 bits per heavy atom. The molecular formula is C13H18N2O3. The molecule has 0 aromatic heterocycles. The Balaban J connectivity index is 1.65. The average Bonchev–Trinajstić information content (AvgIpc) is 2.84. The summed E-state index contributed by atoms with van der Waals surface area (Å²) in [6, 6.07) is 4.00. The van der Waals surface area contributed by atoms with E-state index in [0.717, 1.165) is 49.0 Å². The molecule has 1 saturated heterocycles. The molecule has 0 radical (unpaired) electrons. The van der Waals surface area contributed by atoms with Gasteiger partial charge in [0.15, 0.2) is 11.5 Å². The average molecular weight is 250 g/mol. The Hall–Kier alpha value is -1.46. The minimum absolute atomic E-state index is 0.226. The molecule has 2 N–H and O–H groups in total. The zero-order valence-electron chi connectivity index (χ0n) is 10.5. The maximum Gasteiger partial charge on any atom is 0.231 e. The van der Waals surface area contributed by atoms with Crippen molar-refractivity contribution in [2.75, 3.05) is 38.4 Å². The molecule has 0 saturated carbocycles. The third-order valence-electron chi connectivity index (χ3n) is 3.24. The minimum Gasteiger partial charge on any atom is -0.454 e. The van der Waals surface area contributed by atoms with Gasteiger partial charge >= 0.3 is 0 Å². The molecule has 1 aromatic carbocycles. The lowest BCUT2D eigenvalue weighted by Crippen LogP contribution is -2.42. The number of ether oxygens (including phenoxy) is 3. The van der Waals surface area contributed by atoms with Crippen molar-refractivity contribution >= 4 is 5.69 Å². The number of nitrogens with one attached hydrogen (secondary N) is 2. The predicted molar refractivity (Wildman–Crippen MR) is 68.4 cm³/mol. The van der Waals surface area contributed by atoms with Gasteiger partial charge in [-0.25, -0.2) is 0 Å². The summed E-state index contributed by atoms with van der Waals surface area (Å²) < 4.78 is 16.4. The maximum absolute atomic E-state index is 5.65. The molecule has 0 spiro atoms. The highest BCUT2D eigenvalue weighted by atomic mass is 16.7. The highest BCUT2D eigenvalue weighted by molar-refractivity contribution is 5.60. The van der Waals surface area contributed by atoms with Gasteiger partial charge in [-0.15, -0.1) is 0 Å². The van der Waals surface area contributed by atoms with E-state index in [0.29, 0.717) is 6.79 Å². The number of benzene rings is 1. The van der Waals surface area contributed by atoms with Crippen LogP contribution in [-0.2, 0) is 4.74 Å². The number of hydrogen-bond donors (Lipinski definition) is 2. The molecular weight excluding hydrogens is 232 g/mol. The molecule has 1 atom stereocenters.